The van der Waals surface area contributed by atoms with E-state index < -0.39 is 0 Å². The van der Waals surface area contributed by atoms with E-state index in [1.54, 1.807) is 0 Å². The number of para-hydroxylation sites is 1. The average Bonchev–Trinajstić information content (AvgIpc) is 2.58. The summed E-state index contributed by atoms with van der Waals surface area (Å²) in [6.07, 6.45) is 2.31. The van der Waals surface area contributed by atoms with E-state index in [1.807, 2.05) is 24.3 Å². The summed E-state index contributed by atoms with van der Waals surface area (Å²) in [5.74, 6) is 0.935. The molecular formula is C17H23IN4O3. The SMILES string of the molecule is I.NC(=NCCN1C(=O)CCCC1=O)NC1CCOc2ccccc21. The number of piperidine rings is 1. The van der Waals surface area contributed by atoms with Crippen molar-refractivity contribution < 1.29 is 14.3 Å². The predicted octanol–water partition coefficient (Wildman–Crippen LogP) is 1.57. The van der Waals surface area contributed by atoms with Crippen LogP contribution in [0.4, 0.5) is 0 Å². The van der Waals surface area contributed by atoms with Gasteiger partial charge in [0.1, 0.15) is 5.75 Å². The van der Waals surface area contributed by atoms with Crippen molar-refractivity contribution in [2.24, 2.45) is 10.7 Å². The predicted molar refractivity (Wildman–Crippen MR) is 105 cm³/mol. The van der Waals surface area contributed by atoms with Crippen molar-refractivity contribution in [3.05, 3.63) is 29.8 Å². The lowest BCUT2D eigenvalue weighted by Crippen LogP contribution is -2.42. The van der Waals surface area contributed by atoms with Crippen molar-refractivity contribution >= 4 is 41.8 Å². The molecule has 8 heteroatoms. The molecule has 136 valence electrons. The number of carbonyl (C=O) groups is 2. The van der Waals surface area contributed by atoms with Crippen LogP contribution in [0.2, 0.25) is 0 Å². The molecule has 25 heavy (non-hydrogen) atoms. The molecular weight excluding hydrogens is 435 g/mol. The highest BCUT2D eigenvalue weighted by molar-refractivity contribution is 14.0. The summed E-state index contributed by atoms with van der Waals surface area (Å²) < 4.78 is 5.62. The van der Waals surface area contributed by atoms with E-state index in [0.29, 0.717) is 38.4 Å². The van der Waals surface area contributed by atoms with Crippen LogP contribution in [0.15, 0.2) is 29.3 Å². The molecule has 1 atom stereocenters. The molecule has 0 radical (unpaired) electrons. The Morgan fingerprint density at radius 3 is 2.76 bits per heavy atom. The van der Waals surface area contributed by atoms with Gasteiger partial charge in [-0.05, 0) is 12.5 Å². The van der Waals surface area contributed by atoms with Crippen LogP contribution in [0.25, 0.3) is 0 Å². The third-order valence-corrected chi connectivity index (χ3v) is 4.27. The minimum atomic E-state index is -0.119. The Balaban J connectivity index is 0.00000225. The Bertz CT molecular complexity index is 649. The van der Waals surface area contributed by atoms with Gasteiger partial charge in [-0.25, -0.2) is 0 Å². The standard InChI is InChI=1S/C17H22N4O3.HI/c18-17(19-9-10-21-15(22)6-3-7-16(21)23)20-13-8-11-24-14-5-2-1-4-12(13)14;/h1-2,4-5,13H,3,6-11H2,(H3,18,19,20);1H. The Morgan fingerprint density at radius 1 is 1.28 bits per heavy atom. The number of hydrogen-bond donors (Lipinski definition) is 2. The molecule has 1 saturated heterocycles. The smallest absolute Gasteiger partial charge is 0.229 e. The van der Waals surface area contributed by atoms with Gasteiger partial charge in [-0.1, -0.05) is 18.2 Å². The molecule has 0 aromatic heterocycles. The molecule has 2 aliphatic heterocycles. The number of halogens is 1. The first-order chi connectivity index (χ1) is 11.6. The normalized spacial score (nSPS) is 20.4. The number of likely N-dealkylation sites (tertiary alicyclic amines) is 1. The van der Waals surface area contributed by atoms with Gasteiger partial charge in [0.05, 0.1) is 19.2 Å². The van der Waals surface area contributed by atoms with Crippen molar-refractivity contribution in [1.29, 1.82) is 0 Å². The van der Waals surface area contributed by atoms with Crippen molar-refractivity contribution in [2.75, 3.05) is 19.7 Å². The highest BCUT2D eigenvalue weighted by Gasteiger charge is 2.25. The molecule has 1 fully saturated rings. The molecule has 7 nitrogen and oxygen atoms in total. The van der Waals surface area contributed by atoms with Gasteiger partial charge in [-0.15, -0.1) is 24.0 Å². The molecule has 3 N–H and O–H groups in total. The van der Waals surface area contributed by atoms with Crippen LogP contribution in [0.1, 0.15) is 37.3 Å². The number of benzene rings is 1. The number of aliphatic imine (C=N–C) groups is 1. The molecule has 0 spiro atoms. The summed E-state index contributed by atoms with van der Waals surface area (Å²) >= 11 is 0. The Hall–Kier alpha value is -1.84. The highest BCUT2D eigenvalue weighted by Crippen LogP contribution is 2.31. The lowest BCUT2D eigenvalue weighted by Gasteiger charge is -2.27. The van der Waals surface area contributed by atoms with Crippen LogP contribution in [0.5, 0.6) is 5.75 Å². The second-order valence-electron chi connectivity index (χ2n) is 5.93. The number of fused-ring (bicyclic) bond motifs is 1. The van der Waals surface area contributed by atoms with E-state index in [9.17, 15) is 9.59 Å². The second kappa shape index (κ2) is 9.02. The molecule has 3 rings (SSSR count). The van der Waals surface area contributed by atoms with E-state index in [2.05, 4.69) is 10.3 Å². The number of guanidine groups is 1. The number of nitrogens with zero attached hydrogens (tertiary/aromatic N) is 2. The monoisotopic (exact) mass is 458 g/mol. The number of carbonyl (C=O) groups excluding carboxylic acids is 2. The molecule has 0 bridgehead atoms. The van der Waals surface area contributed by atoms with Crippen LogP contribution in [-0.2, 0) is 9.59 Å². The molecule has 1 aromatic carbocycles. The van der Waals surface area contributed by atoms with Crippen LogP contribution < -0.4 is 15.8 Å². The van der Waals surface area contributed by atoms with Gasteiger partial charge < -0.3 is 15.8 Å². The molecule has 2 amide bonds. The maximum Gasteiger partial charge on any atom is 0.229 e. The topological polar surface area (TPSA) is 97.0 Å². The Morgan fingerprint density at radius 2 is 2.00 bits per heavy atom. The Kier molecular flexibility index (Phi) is 7.03. The van der Waals surface area contributed by atoms with Gasteiger partial charge in [-0.2, -0.15) is 0 Å². The van der Waals surface area contributed by atoms with Crippen molar-refractivity contribution in [2.45, 2.75) is 31.7 Å². The zero-order chi connectivity index (χ0) is 16.9. The fourth-order valence-electron chi connectivity index (χ4n) is 3.04. The van der Waals surface area contributed by atoms with E-state index >= 15 is 0 Å². The van der Waals surface area contributed by atoms with Gasteiger partial charge in [0.15, 0.2) is 5.96 Å². The summed E-state index contributed by atoms with van der Waals surface area (Å²) in [7, 11) is 0. The number of amides is 2. The summed E-state index contributed by atoms with van der Waals surface area (Å²) in [5.41, 5.74) is 7.01. The number of hydrogen-bond acceptors (Lipinski definition) is 4. The number of rotatable bonds is 4. The first-order valence-electron chi connectivity index (χ1n) is 8.26. The quantitative estimate of drug-likeness (QED) is 0.309. The van der Waals surface area contributed by atoms with Crippen LogP contribution in [0.3, 0.4) is 0 Å². The zero-order valence-electron chi connectivity index (χ0n) is 13.9. The zero-order valence-corrected chi connectivity index (χ0v) is 16.3. The van der Waals surface area contributed by atoms with Crippen molar-refractivity contribution in [3.63, 3.8) is 0 Å². The lowest BCUT2D eigenvalue weighted by molar-refractivity contribution is -0.147. The maximum atomic E-state index is 11.7. The highest BCUT2D eigenvalue weighted by atomic mass is 127. The summed E-state index contributed by atoms with van der Waals surface area (Å²) in [6.45, 7) is 1.21. The minimum absolute atomic E-state index is 0. The van der Waals surface area contributed by atoms with Crippen LogP contribution in [0, 0.1) is 0 Å². The average molecular weight is 458 g/mol. The Labute approximate surface area is 164 Å². The van der Waals surface area contributed by atoms with Crippen LogP contribution in [-0.4, -0.2) is 42.4 Å². The summed E-state index contributed by atoms with van der Waals surface area (Å²) in [5, 5.41) is 3.19. The van der Waals surface area contributed by atoms with Gasteiger partial charge in [-0.3, -0.25) is 19.5 Å². The van der Waals surface area contributed by atoms with E-state index in [-0.39, 0.29) is 48.4 Å². The van der Waals surface area contributed by atoms with E-state index in [0.717, 1.165) is 17.7 Å². The molecule has 0 aliphatic carbocycles. The van der Waals surface area contributed by atoms with Gasteiger partial charge in [0, 0.05) is 31.4 Å². The molecule has 2 aliphatic rings. The minimum Gasteiger partial charge on any atom is -0.493 e. The van der Waals surface area contributed by atoms with Gasteiger partial charge >= 0.3 is 0 Å². The molecule has 1 unspecified atom stereocenters. The third kappa shape index (κ3) is 4.83. The summed E-state index contributed by atoms with van der Waals surface area (Å²) in [4.78, 5) is 29.0. The first kappa shape index (κ1) is 19.5. The second-order valence-corrected chi connectivity index (χ2v) is 5.93. The lowest BCUT2D eigenvalue weighted by atomic mass is 10.0. The number of nitrogens with two attached hydrogens (primary N) is 1. The van der Waals surface area contributed by atoms with Gasteiger partial charge in [0.25, 0.3) is 0 Å². The first-order valence-corrected chi connectivity index (χ1v) is 8.26. The molecule has 1 aromatic rings. The van der Waals surface area contributed by atoms with Gasteiger partial charge in [0.2, 0.25) is 11.8 Å². The fourth-order valence-corrected chi connectivity index (χ4v) is 3.04. The number of ether oxygens (including phenoxy) is 1. The number of nitrogens with one attached hydrogen (secondary N) is 1. The summed E-state index contributed by atoms with van der Waals surface area (Å²) in [6, 6.07) is 7.89. The van der Waals surface area contributed by atoms with E-state index in [1.165, 1.54) is 4.90 Å². The molecule has 0 saturated carbocycles. The maximum absolute atomic E-state index is 11.7. The third-order valence-electron chi connectivity index (χ3n) is 4.27. The fraction of sp³-hybridized carbons (Fsp3) is 0.471. The van der Waals surface area contributed by atoms with Crippen LogP contribution >= 0.6 is 24.0 Å². The largest absolute Gasteiger partial charge is 0.493 e. The van der Waals surface area contributed by atoms with Crippen molar-refractivity contribution in [1.82, 2.24) is 10.2 Å². The van der Waals surface area contributed by atoms with Crippen molar-refractivity contribution in [3.8, 4) is 5.75 Å². The van der Waals surface area contributed by atoms with E-state index in [4.69, 9.17) is 10.5 Å². The number of imide groups is 1. The molecule has 2 heterocycles.